The quantitative estimate of drug-likeness (QED) is 0.555. The summed E-state index contributed by atoms with van der Waals surface area (Å²) in [6.07, 6.45) is 6.91. The summed E-state index contributed by atoms with van der Waals surface area (Å²) in [6, 6.07) is 4.01. The number of rotatable bonds is 9. The van der Waals surface area contributed by atoms with Crippen LogP contribution in [-0.4, -0.2) is 24.7 Å². The molecule has 1 aromatic carbocycles. The highest BCUT2D eigenvalue weighted by Gasteiger charge is 2.42. The summed E-state index contributed by atoms with van der Waals surface area (Å²) in [7, 11) is 0. The maximum absolute atomic E-state index is 13.2. The van der Waals surface area contributed by atoms with Crippen molar-refractivity contribution < 1.29 is 14.3 Å². The third-order valence-corrected chi connectivity index (χ3v) is 5.41. The van der Waals surface area contributed by atoms with Gasteiger partial charge in [0.25, 0.3) is 5.91 Å². The summed E-state index contributed by atoms with van der Waals surface area (Å²) in [5.74, 6) is 1.45. The zero-order valence-corrected chi connectivity index (χ0v) is 17.8. The molecule has 1 saturated carbocycles. The Morgan fingerprint density at radius 2 is 1.89 bits per heavy atom. The maximum atomic E-state index is 13.2. The Morgan fingerprint density at radius 1 is 1.19 bits per heavy atom. The fourth-order valence-corrected chi connectivity index (χ4v) is 4.02. The first-order chi connectivity index (χ1) is 12.9. The lowest BCUT2D eigenvalue weighted by molar-refractivity contribution is -0.148. The lowest BCUT2D eigenvalue weighted by Gasteiger charge is -2.38. The Kier molecular flexibility index (Phi) is 8.15. The molecular formula is C23H37NO3. The van der Waals surface area contributed by atoms with Crippen LogP contribution in [0.4, 0.5) is 5.69 Å². The molecule has 1 amide bonds. The molecule has 2 rings (SSSR count). The molecule has 2 unspecified atom stereocenters. The van der Waals surface area contributed by atoms with Crippen LogP contribution in [0.3, 0.4) is 0 Å². The molecule has 1 aliphatic carbocycles. The number of amides is 1. The maximum Gasteiger partial charge on any atom is 0.256 e. The van der Waals surface area contributed by atoms with Crippen molar-refractivity contribution in [3.8, 4) is 5.75 Å². The van der Waals surface area contributed by atoms with Crippen molar-refractivity contribution in [1.82, 2.24) is 0 Å². The van der Waals surface area contributed by atoms with Crippen LogP contribution in [0.15, 0.2) is 12.1 Å². The number of benzene rings is 1. The van der Waals surface area contributed by atoms with Gasteiger partial charge in [-0.3, -0.25) is 4.79 Å². The summed E-state index contributed by atoms with van der Waals surface area (Å²) in [6.45, 7) is 11.9. The number of hydrogen-bond donors (Lipinski definition) is 1. The van der Waals surface area contributed by atoms with Gasteiger partial charge in [0.1, 0.15) is 11.4 Å². The largest absolute Gasteiger partial charge is 0.493 e. The highest BCUT2D eigenvalue weighted by Crippen LogP contribution is 2.37. The number of anilines is 1. The van der Waals surface area contributed by atoms with Crippen LogP contribution in [0, 0.1) is 19.8 Å². The van der Waals surface area contributed by atoms with E-state index in [1.54, 1.807) is 0 Å². The topological polar surface area (TPSA) is 47.6 Å². The number of unbranched alkanes of at least 4 members (excludes halogenated alkanes) is 1. The van der Waals surface area contributed by atoms with Gasteiger partial charge in [-0.05, 0) is 75.1 Å². The van der Waals surface area contributed by atoms with Gasteiger partial charge >= 0.3 is 0 Å². The van der Waals surface area contributed by atoms with E-state index in [1.165, 1.54) is 6.42 Å². The number of hydrogen-bond acceptors (Lipinski definition) is 3. The predicted molar refractivity (Wildman–Crippen MR) is 112 cm³/mol. The second-order valence-electron chi connectivity index (χ2n) is 8.14. The molecule has 4 nitrogen and oxygen atoms in total. The van der Waals surface area contributed by atoms with Gasteiger partial charge in [-0.25, -0.2) is 0 Å². The SMILES string of the molecule is CCCCOc1c(C)cc(NC(=O)C2(OCCC)CCCC(C)C2)cc1C. The van der Waals surface area contributed by atoms with Crippen molar-refractivity contribution in [2.45, 2.75) is 85.2 Å². The van der Waals surface area contributed by atoms with E-state index >= 15 is 0 Å². The fourth-order valence-electron chi connectivity index (χ4n) is 4.02. The molecule has 27 heavy (non-hydrogen) atoms. The summed E-state index contributed by atoms with van der Waals surface area (Å²) in [5.41, 5.74) is 2.26. The van der Waals surface area contributed by atoms with Gasteiger partial charge in [0.15, 0.2) is 0 Å². The Bertz CT molecular complexity index is 605. The van der Waals surface area contributed by atoms with Crippen LogP contribution in [-0.2, 0) is 9.53 Å². The van der Waals surface area contributed by atoms with Crippen molar-refractivity contribution in [1.29, 1.82) is 0 Å². The Balaban J connectivity index is 2.14. The lowest BCUT2D eigenvalue weighted by atomic mass is 9.78. The van der Waals surface area contributed by atoms with E-state index in [0.29, 0.717) is 12.5 Å². The molecule has 0 aromatic heterocycles. The standard InChI is InChI=1S/C23H37NO3/c1-6-8-13-26-21-18(4)14-20(15-19(21)5)24-22(25)23(27-12-7-2)11-9-10-17(3)16-23/h14-15,17H,6-13,16H2,1-5H3,(H,24,25). The molecule has 4 heteroatoms. The zero-order chi connectivity index (χ0) is 19.9. The first kappa shape index (κ1) is 21.7. The summed E-state index contributed by atoms with van der Waals surface area (Å²) < 4.78 is 12.1. The average molecular weight is 376 g/mol. The van der Waals surface area contributed by atoms with Gasteiger partial charge in [0.2, 0.25) is 0 Å². The van der Waals surface area contributed by atoms with Gasteiger partial charge in [-0.15, -0.1) is 0 Å². The van der Waals surface area contributed by atoms with Crippen molar-refractivity contribution in [2.75, 3.05) is 18.5 Å². The van der Waals surface area contributed by atoms with Crippen molar-refractivity contribution in [3.63, 3.8) is 0 Å². The van der Waals surface area contributed by atoms with Crippen LogP contribution in [0.2, 0.25) is 0 Å². The Labute approximate surface area is 165 Å². The molecule has 152 valence electrons. The molecule has 0 aliphatic heterocycles. The summed E-state index contributed by atoms with van der Waals surface area (Å²) >= 11 is 0. The van der Waals surface area contributed by atoms with E-state index in [0.717, 1.165) is 67.7 Å². The zero-order valence-electron chi connectivity index (χ0n) is 17.8. The first-order valence-electron chi connectivity index (χ1n) is 10.6. The van der Waals surface area contributed by atoms with Gasteiger partial charge in [0, 0.05) is 12.3 Å². The first-order valence-corrected chi connectivity index (χ1v) is 10.6. The van der Waals surface area contributed by atoms with Crippen molar-refractivity contribution >= 4 is 11.6 Å². The van der Waals surface area contributed by atoms with Crippen LogP contribution in [0.5, 0.6) is 5.75 Å². The lowest BCUT2D eigenvalue weighted by Crippen LogP contribution is -2.48. The summed E-state index contributed by atoms with van der Waals surface area (Å²) in [4.78, 5) is 13.2. The van der Waals surface area contributed by atoms with Gasteiger partial charge < -0.3 is 14.8 Å². The molecule has 0 saturated heterocycles. The molecule has 1 fully saturated rings. The van der Waals surface area contributed by atoms with E-state index in [4.69, 9.17) is 9.47 Å². The number of nitrogens with one attached hydrogen (secondary N) is 1. The normalized spacial score (nSPS) is 22.5. The smallest absolute Gasteiger partial charge is 0.256 e. The minimum absolute atomic E-state index is 0.000881. The molecule has 0 heterocycles. The average Bonchev–Trinajstić information content (AvgIpc) is 2.62. The molecule has 0 radical (unpaired) electrons. The third-order valence-electron chi connectivity index (χ3n) is 5.41. The van der Waals surface area contributed by atoms with Crippen molar-refractivity contribution in [2.24, 2.45) is 5.92 Å². The number of carbonyl (C=O) groups excluding carboxylic acids is 1. The molecule has 1 aromatic rings. The molecular weight excluding hydrogens is 338 g/mol. The van der Waals surface area contributed by atoms with E-state index < -0.39 is 5.60 Å². The summed E-state index contributed by atoms with van der Waals surface area (Å²) in [5, 5.41) is 3.14. The van der Waals surface area contributed by atoms with Crippen LogP contribution >= 0.6 is 0 Å². The molecule has 1 aliphatic rings. The van der Waals surface area contributed by atoms with E-state index in [-0.39, 0.29) is 5.91 Å². The van der Waals surface area contributed by atoms with Gasteiger partial charge in [0.05, 0.1) is 6.61 Å². The van der Waals surface area contributed by atoms with E-state index in [2.05, 4.69) is 26.1 Å². The fraction of sp³-hybridized carbons (Fsp3) is 0.696. The monoisotopic (exact) mass is 375 g/mol. The van der Waals surface area contributed by atoms with Crippen molar-refractivity contribution in [3.05, 3.63) is 23.3 Å². The Morgan fingerprint density at radius 3 is 2.48 bits per heavy atom. The van der Waals surface area contributed by atoms with Gasteiger partial charge in [-0.1, -0.05) is 33.6 Å². The highest BCUT2D eigenvalue weighted by molar-refractivity contribution is 5.97. The van der Waals surface area contributed by atoms with E-state index in [9.17, 15) is 4.79 Å². The minimum Gasteiger partial charge on any atom is -0.493 e. The minimum atomic E-state index is -0.689. The molecule has 0 bridgehead atoms. The van der Waals surface area contributed by atoms with Crippen LogP contribution in [0.1, 0.15) is 76.8 Å². The number of ether oxygens (including phenoxy) is 2. The third kappa shape index (κ3) is 5.71. The van der Waals surface area contributed by atoms with E-state index in [1.807, 2.05) is 26.0 Å². The van der Waals surface area contributed by atoms with Crippen LogP contribution in [0.25, 0.3) is 0 Å². The van der Waals surface area contributed by atoms with Gasteiger partial charge in [-0.2, -0.15) is 0 Å². The predicted octanol–water partition coefficient (Wildman–Crippen LogP) is 5.80. The molecule has 1 N–H and O–H groups in total. The number of carbonyl (C=O) groups is 1. The number of aryl methyl sites for hydroxylation is 2. The second-order valence-corrected chi connectivity index (χ2v) is 8.14. The highest BCUT2D eigenvalue weighted by atomic mass is 16.5. The second kappa shape index (κ2) is 10.1. The molecule has 2 atom stereocenters. The molecule has 0 spiro atoms. The Hall–Kier alpha value is -1.55. The van der Waals surface area contributed by atoms with Crippen LogP contribution < -0.4 is 10.1 Å².